The van der Waals surface area contributed by atoms with Crippen molar-refractivity contribution in [3.05, 3.63) is 35.0 Å². The van der Waals surface area contributed by atoms with Crippen molar-refractivity contribution in [3.8, 4) is 0 Å². The van der Waals surface area contributed by atoms with Crippen LogP contribution in [0.1, 0.15) is 43.6 Å². The lowest BCUT2D eigenvalue weighted by Crippen LogP contribution is -2.62. The quantitative estimate of drug-likeness (QED) is 0.745. The van der Waals surface area contributed by atoms with Crippen LogP contribution in [0.15, 0.2) is 24.4 Å². The Hall–Kier alpha value is -2.25. The molecule has 0 unspecified atom stereocenters. The van der Waals surface area contributed by atoms with Crippen LogP contribution in [0, 0.1) is 5.92 Å². The van der Waals surface area contributed by atoms with Crippen molar-refractivity contribution in [2.45, 2.75) is 56.7 Å². The Labute approximate surface area is 199 Å². The number of nitrogens with zero attached hydrogens (tertiary/aromatic N) is 3. The van der Waals surface area contributed by atoms with Crippen LogP contribution in [0.5, 0.6) is 0 Å². The number of likely N-dealkylation sites (tertiary alicyclic amines) is 2. The van der Waals surface area contributed by atoms with Crippen molar-refractivity contribution in [1.82, 2.24) is 19.7 Å². The largest absolute Gasteiger partial charge is 0.366 e. The van der Waals surface area contributed by atoms with Gasteiger partial charge in [0.2, 0.25) is 5.91 Å². The van der Waals surface area contributed by atoms with Crippen LogP contribution in [-0.2, 0) is 16.1 Å². The molecule has 8 heteroatoms. The number of nitrogens with one attached hydrogen (secondary N) is 1. The first kappa shape index (κ1) is 21.3. The molecule has 1 saturated carbocycles. The molecule has 3 aliphatic heterocycles. The Kier molecular flexibility index (Phi) is 5.49. The Balaban J connectivity index is 1.13. The summed E-state index contributed by atoms with van der Waals surface area (Å²) in [5, 5.41) is 5.03. The summed E-state index contributed by atoms with van der Waals surface area (Å²) in [6.45, 7) is 3.95. The fraction of sp³-hybridized carbons (Fsp3) is 0.600. The van der Waals surface area contributed by atoms with Crippen molar-refractivity contribution in [1.29, 1.82) is 0 Å². The standard InChI is InChI=1S/C25H31ClN4O3/c26-18-3-4-22-19(11-18)20(13-30(22)12-16-1-2-16)17-5-8-28(9-6-17)25(32)29-10-7-23-21(14-29)27-24(31)15-33-23/h3-4,11,13,16-17,21,23H,1-2,5-10,12,14-15H2,(H,27,31)/t21-,23+/m1/s1. The third kappa shape index (κ3) is 4.21. The lowest BCUT2D eigenvalue weighted by molar-refractivity contribution is -0.139. The highest BCUT2D eigenvalue weighted by Gasteiger charge is 2.38. The molecule has 0 bridgehead atoms. The van der Waals surface area contributed by atoms with E-state index in [2.05, 4.69) is 28.2 Å². The highest BCUT2D eigenvalue weighted by molar-refractivity contribution is 6.31. The van der Waals surface area contributed by atoms with E-state index in [1.807, 2.05) is 15.9 Å². The molecule has 1 aromatic heterocycles. The molecule has 0 radical (unpaired) electrons. The third-order valence-electron chi connectivity index (χ3n) is 7.83. The maximum Gasteiger partial charge on any atom is 0.320 e. The van der Waals surface area contributed by atoms with Gasteiger partial charge >= 0.3 is 6.03 Å². The predicted molar refractivity (Wildman–Crippen MR) is 126 cm³/mol. The molecule has 176 valence electrons. The molecule has 3 saturated heterocycles. The minimum absolute atomic E-state index is 0.0252. The Morgan fingerprint density at radius 2 is 1.88 bits per heavy atom. The molecule has 2 atom stereocenters. The number of urea groups is 1. The molecular formula is C25H31ClN4O3. The van der Waals surface area contributed by atoms with Gasteiger partial charge in [-0.3, -0.25) is 4.79 Å². The zero-order valence-corrected chi connectivity index (χ0v) is 19.6. The summed E-state index contributed by atoms with van der Waals surface area (Å²) in [6.07, 6.45) is 7.72. The fourth-order valence-electron chi connectivity index (χ4n) is 5.81. The molecule has 0 spiro atoms. The van der Waals surface area contributed by atoms with Crippen molar-refractivity contribution in [3.63, 3.8) is 0 Å². The molecular weight excluding hydrogens is 440 g/mol. The number of carbonyl (C=O) groups is 2. The lowest BCUT2D eigenvalue weighted by Gasteiger charge is -2.43. The number of hydrogen-bond donors (Lipinski definition) is 1. The lowest BCUT2D eigenvalue weighted by atomic mass is 9.89. The van der Waals surface area contributed by atoms with Gasteiger partial charge in [0.25, 0.3) is 0 Å². The van der Waals surface area contributed by atoms with Crippen LogP contribution < -0.4 is 5.32 Å². The summed E-state index contributed by atoms with van der Waals surface area (Å²) in [4.78, 5) is 28.8. The van der Waals surface area contributed by atoms with Crippen LogP contribution in [-0.4, -0.2) is 71.2 Å². The molecule has 7 nitrogen and oxygen atoms in total. The van der Waals surface area contributed by atoms with Crippen molar-refractivity contribution in [2.24, 2.45) is 5.92 Å². The smallest absolute Gasteiger partial charge is 0.320 e. The number of rotatable bonds is 3. The highest BCUT2D eigenvalue weighted by Crippen LogP contribution is 2.38. The molecule has 1 aliphatic carbocycles. The molecule has 4 heterocycles. The number of ether oxygens (including phenoxy) is 1. The Bertz CT molecular complexity index is 1070. The summed E-state index contributed by atoms with van der Waals surface area (Å²) in [5.41, 5.74) is 2.66. The zero-order chi connectivity index (χ0) is 22.5. The second-order valence-corrected chi connectivity index (χ2v) is 10.6. The molecule has 33 heavy (non-hydrogen) atoms. The van der Waals surface area contributed by atoms with E-state index >= 15 is 0 Å². The molecule has 3 amide bonds. The topological polar surface area (TPSA) is 66.8 Å². The van der Waals surface area contributed by atoms with E-state index in [9.17, 15) is 9.59 Å². The first-order chi connectivity index (χ1) is 16.0. The van der Waals surface area contributed by atoms with E-state index in [0.717, 1.165) is 49.8 Å². The van der Waals surface area contributed by atoms with Crippen LogP contribution in [0.2, 0.25) is 5.02 Å². The summed E-state index contributed by atoms with van der Waals surface area (Å²) < 4.78 is 8.05. The average molecular weight is 471 g/mol. The van der Waals surface area contributed by atoms with Gasteiger partial charge in [0.1, 0.15) is 6.61 Å². The van der Waals surface area contributed by atoms with Crippen molar-refractivity contribution in [2.75, 3.05) is 32.8 Å². The third-order valence-corrected chi connectivity index (χ3v) is 8.06. The first-order valence-corrected chi connectivity index (χ1v) is 12.7. The Morgan fingerprint density at radius 3 is 2.67 bits per heavy atom. The predicted octanol–water partition coefficient (Wildman–Crippen LogP) is 3.59. The summed E-state index contributed by atoms with van der Waals surface area (Å²) in [7, 11) is 0. The monoisotopic (exact) mass is 470 g/mol. The number of morpholine rings is 1. The normalized spacial score (nSPS) is 26.4. The fourth-order valence-corrected chi connectivity index (χ4v) is 5.98. The van der Waals surface area contributed by atoms with E-state index < -0.39 is 0 Å². The molecule has 2 aromatic rings. The van der Waals surface area contributed by atoms with Crippen LogP contribution >= 0.6 is 11.6 Å². The number of amides is 3. The number of piperidine rings is 2. The van der Waals surface area contributed by atoms with Gasteiger partial charge in [0.05, 0.1) is 12.1 Å². The van der Waals surface area contributed by atoms with Gasteiger partial charge in [-0.2, -0.15) is 0 Å². The van der Waals surface area contributed by atoms with Gasteiger partial charge in [0.15, 0.2) is 0 Å². The maximum absolute atomic E-state index is 13.2. The second-order valence-electron chi connectivity index (χ2n) is 10.1. The number of aromatic nitrogens is 1. The van der Waals surface area contributed by atoms with Crippen LogP contribution in [0.4, 0.5) is 4.79 Å². The van der Waals surface area contributed by atoms with Gasteiger partial charge < -0.3 is 24.4 Å². The summed E-state index contributed by atoms with van der Waals surface area (Å²) in [6, 6.07) is 6.24. The van der Waals surface area contributed by atoms with E-state index in [-0.39, 0.29) is 30.7 Å². The minimum atomic E-state index is -0.0937. The summed E-state index contributed by atoms with van der Waals surface area (Å²) >= 11 is 6.36. The van der Waals surface area contributed by atoms with Gasteiger partial charge in [-0.1, -0.05) is 11.6 Å². The number of halogens is 1. The van der Waals surface area contributed by atoms with Gasteiger partial charge in [-0.05, 0) is 67.7 Å². The Morgan fingerprint density at radius 1 is 1.09 bits per heavy atom. The maximum atomic E-state index is 13.2. The van der Waals surface area contributed by atoms with E-state index in [4.69, 9.17) is 16.3 Å². The average Bonchev–Trinajstić information content (AvgIpc) is 3.58. The van der Waals surface area contributed by atoms with Gasteiger partial charge in [-0.15, -0.1) is 0 Å². The SMILES string of the molecule is O=C1CO[C@H]2CCN(C(=O)N3CCC(c4cn(CC5CC5)c5ccc(Cl)cc45)CC3)C[C@H]2N1. The number of benzene rings is 1. The van der Waals surface area contributed by atoms with Crippen molar-refractivity contribution >= 4 is 34.4 Å². The van der Waals surface area contributed by atoms with E-state index in [0.29, 0.717) is 19.0 Å². The molecule has 4 aliphatic rings. The molecule has 4 fully saturated rings. The minimum Gasteiger partial charge on any atom is -0.366 e. The number of carbonyl (C=O) groups excluding carboxylic acids is 2. The molecule has 6 rings (SSSR count). The number of fused-ring (bicyclic) bond motifs is 2. The first-order valence-electron chi connectivity index (χ1n) is 12.3. The second kappa shape index (κ2) is 8.51. The van der Waals surface area contributed by atoms with E-state index in [1.165, 1.54) is 29.3 Å². The van der Waals surface area contributed by atoms with Gasteiger partial charge in [-0.25, -0.2) is 4.79 Å². The van der Waals surface area contributed by atoms with Gasteiger partial charge in [0, 0.05) is 54.8 Å². The summed E-state index contributed by atoms with van der Waals surface area (Å²) in [5.74, 6) is 1.16. The molecule has 1 N–H and O–H groups in total. The highest BCUT2D eigenvalue weighted by atomic mass is 35.5. The van der Waals surface area contributed by atoms with E-state index in [1.54, 1.807) is 0 Å². The number of hydrogen-bond acceptors (Lipinski definition) is 3. The van der Waals surface area contributed by atoms with Crippen LogP contribution in [0.3, 0.4) is 0 Å². The van der Waals surface area contributed by atoms with Crippen molar-refractivity contribution < 1.29 is 14.3 Å². The zero-order valence-electron chi connectivity index (χ0n) is 18.8. The van der Waals surface area contributed by atoms with Crippen LogP contribution in [0.25, 0.3) is 10.9 Å². The molecule has 1 aromatic carbocycles.